The Hall–Kier alpha value is -1.91. The Balaban J connectivity index is 1.92. The third-order valence-corrected chi connectivity index (χ3v) is 7.37. The maximum Gasteiger partial charge on any atom is 0.329 e. The summed E-state index contributed by atoms with van der Waals surface area (Å²) < 4.78 is 5.63. The van der Waals surface area contributed by atoms with Crippen LogP contribution in [0.2, 0.25) is 0 Å². The van der Waals surface area contributed by atoms with E-state index in [0.29, 0.717) is 28.8 Å². The minimum Gasteiger partial charge on any atom is -0.456 e. The summed E-state index contributed by atoms with van der Waals surface area (Å²) in [5, 5.41) is 8.92. The molecule has 1 aromatic heterocycles. The molecular weight excluding hydrogens is 472 g/mol. The lowest BCUT2D eigenvalue weighted by Gasteiger charge is -2.27. The fourth-order valence-electron chi connectivity index (χ4n) is 3.14. The third-order valence-electron chi connectivity index (χ3n) is 5.02. The first-order valence-electron chi connectivity index (χ1n) is 10.4. The maximum atomic E-state index is 13.1. The molecule has 0 saturated heterocycles. The molecule has 0 saturated carbocycles. The molecule has 8 nitrogen and oxygen atoms in total. The Morgan fingerprint density at radius 2 is 2.16 bits per heavy atom. The number of ether oxygens (including phenoxy) is 1. The lowest BCUT2D eigenvalue weighted by Crippen LogP contribution is -2.53. The molecule has 0 aromatic carbocycles. The topological polar surface area (TPSA) is 110 Å². The van der Waals surface area contributed by atoms with Gasteiger partial charge in [0.1, 0.15) is 33.4 Å². The van der Waals surface area contributed by atoms with Crippen molar-refractivity contribution >= 4 is 57.5 Å². The van der Waals surface area contributed by atoms with Crippen molar-refractivity contribution in [2.45, 2.75) is 57.8 Å². The number of aromatic nitrogens is 1. The van der Waals surface area contributed by atoms with Crippen LogP contribution < -0.4 is 10.6 Å². The summed E-state index contributed by atoms with van der Waals surface area (Å²) in [6.45, 7) is 5.67. The van der Waals surface area contributed by atoms with Gasteiger partial charge in [0.15, 0.2) is 0 Å². The number of nitrogens with one attached hydrogen (secondary N) is 2. The van der Waals surface area contributed by atoms with E-state index in [1.54, 1.807) is 19.1 Å². The Kier molecular flexibility index (Phi) is 8.35. The molecule has 3 heterocycles. The average Bonchev–Trinajstić information content (AvgIpc) is 3.37. The fraction of sp³-hybridized carbons (Fsp3) is 0.571. The zero-order valence-corrected chi connectivity index (χ0v) is 20.6. The van der Waals surface area contributed by atoms with Crippen LogP contribution >= 0.6 is 34.7 Å². The van der Waals surface area contributed by atoms with Crippen LogP contribution in [-0.2, 0) is 25.7 Å². The Labute approximate surface area is 200 Å². The molecule has 4 bridgehead atoms. The Morgan fingerprint density at radius 1 is 1.38 bits per heavy atom. The summed E-state index contributed by atoms with van der Waals surface area (Å²) in [4.78, 5) is 47.7. The molecule has 0 fully saturated rings. The van der Waals surface area contributed by atoms with Gasteiger partial charge in [0.05, 0.1) is 13.0 Å². The predicted octanol–water partition coefficient (Wildman–Crippen LogP) is 2.65. The van der Waals surface area contributed by atoms with E-state index in [0.717, 1.165) is 5.01 Å². The van der Waals surface area contributed by atoms with Crippen LogP contribution in [0.25, 0.3) is 0 Å². The van der Waals surface area contributed by atoms with Crippen molar-refractivity contribution in [3.05, 3.63) is 28.2 Å². The van der Waals surface area contributed by atoms with Crippen LogP contribution in [0.3, 0.4) is 0 Å². The van der Waals surface area contributed by atoms with E-state index in [1.165, 1.54) is 23.1 Å². The van der Waals surface area contributed by atoms with Gasteiger partial charge >= 0.3 is 5.97 Å². The standard InChI is InChI=1S/C21H27ClN4O4S2/c1-12(2)17-19(28)30-13(6-4-5-7-22)8-15(27)23-9-16-24-14(10-31-16)18-26-21(3,11-32-18)20(29)25-17/h4,6,10,12-13,17H,5,7-9,11H2,1-3H3,(H,23,27)(H,25,29)/b6-4+/t13?,17?,21-/m0/s1. The van der Waals surface area contributed by atoms with Gasteiger partial charge < -0.3 is 15.4 Å². The minimum absolute atomic E-state index is 0.0399. The molecule has 11 heteroatoms. The van der Waals surface area contributed by atoms with Gasteiger partial charge in [-0.15, -0.1) is 34.7 Å². The molecule has 3 rings (SSSR count). The zero-order valence-electron chi connectivity index (χ0n) is 18.2. The van der Waals surface area contributed by atoms with E-state index >= 15 is 0 Å². The first-order valence-corrected chi connectivity index (χ1v) is 12.8. The van der Waals surface area contributed by atoms with Crippen molar-refractivity contribution in [2.24, 2.45) is 10.9 Å². The van der Waals surface area contributed by atoms with Gasteiger partial charge in [0.2, 0.25) is 11.8 Å². The van der Waals surface area contributed by atoms with Crippen LogP contribution in [0.1, 0.15) is 44.3 Å². The molecule has 0 aliphatic carbocycles. The number of rotatable bonds is 4. The van der Waals surface area contributed by atoms with Crippen LogP contribution in [0.4, 0.5) is 0 Å². The van der Waals surface area contributed by atoms with Crippen molar-refractivity contribution in [1.29, 1.82) is 0 Å². The Morgan fingerprint density at radius 3 is 2.88 bits per heavy atom. The highest BCUT2D eigenvalue weighted by Gasteiger charge is 2.41. The summed E-state index contributed by atoms with van der Waals surface area (Å²) in [6.07, 6.45) is 3.21. The summed E-state index contributed by atoms with van der Waals surface area (Å²) in [7, 11) is 0. The SMILES string of the molecule is CC(C)C1NC(=O)[C@]2(C)CSC(=N2)c2csc(n2)CNC(=O)CC(/C=C/CCCl)OC1=O. The number of thiazole rings is 1. The number of hydrogen-bond acceptors (Lipinski definition) is 8. The number of amides is 2. The molecule has 0 radical (unpaired) electrons. The van der Waals surface area contributed by atoms with E-state index in [-0.39, 0.29) is 30.7 Å². The molecule has 2 aliphatic heterocycles. The van der Waals surface area contributed by atoms with E-state index < -0.39 is 23.7 Å². The summed E-state index contributed by atoms with van der Waals surface area (Å²) >= 11 is 8.60. The number of hydrogen-bond donors (Lipinski definition) is 2. The smallest absolute Gasteiger partial charge is 0.329 e. The van der Waals surface area contributed by atoms with Crippen LogP contribution in [0, 0.1) is 5.92 Å². The first kappa shape index (κ1) is 24.7. The molecule has 2 amide bonds. The molecule has 3 atom stereocenters. The molecular formula is C21H27ClN4O4S2. The number of alkyl halides is 1. The van der Waals surface area contributed by atoms with Gasteiger partial charge in [0.25, 0.3) is 0 Å². The molecule has 2 N–H and O–H groups in total. The molecule has 32 heavy (non-hydrogen) atoms. The summed E-state index contributed by atoms with van der Waals surface area (Å²) in [5.41, 5.74) is -0.322. The van der Waals surface area contributed by atoms with Gasteiger partial charge in [-0.05, 0) is 25.3 Å². The molecule has 2 unspecified atom stereocenters. The molecule has 0 spiro atoms. The van der Waals surface area contributed by atoms with Gasteiger partial charge in [0, 0.05) is 17.0 Å². The van der Waals surface area contributed by atoms with Crippen molar-refractivity contribution < 1.29 is 19.1 Å². The molecule has 1 aromatic rings. The van der Waals surface area contributed by atoms with E-state index in [4.69, 9.17) is 16.3 Å². The maximum absolute atomic E-state index is 13.1. The second kappa shape index (κ2) is 10.8. The monoisotopic (exact) mass is 498 g/mol. The number of esters is 1. The summed E-state index contributed by atoms with van der Waals surface area (Å²) in [6, 6.07) is -0.866. The van der Waals surface area contributed by atoms with E-state index in [1.807, 2.05) is 19.2 Å². The van der Waals surface area contributed by atoms with Crippen molar-refractivity contribution in [3.8, 4) is 0 Å². The third kappa shape index (κ3) is 6.11. The number of nitrogens with zero attached hydrogens (tertiary/aromatic N) is 2. The number of carbonyl (C=O) groups excluding carboxylic acids is 3. The number of allylic oxidation sites excluding steroid dienone is 1. The van der Waals surface area contributed by atoms with E-state index in [9.17, 15) is 14.4 Å². The normalized spacial score (nSPS) is 27.3. The highest BCUT2D eigenvalue weighted by molar-refractivity contribution is 8.14. The van der Waals surface area contributed by atoms with E-state index in [2.05, 4.69) is 20.6 Å². The van der Waals surface area contributed by atoms with Gasteiger partial charge in [-0.1, -0.05) is 19.9 Å². The minimum atomic E-state index is -1.01. The van der Waals surface area contributed by atoms with Crippen molar-refractivity contribution in [3.63, 3.8) is 0 Å². The number of aliphatic imine (C=N–C) groups is 1. The lowest BCUT2D eigenvalue weighted by atomic mass is 10.0. The highest BCUT2D eigenvalue weighted by Crippen LogP contribution is 2.32. The lowest BCUT2D eigenvalue weighted by molar-refractivity contribution is -0.153. The fourth-order valence-corrected chi connectivity index (χ4v) is 5.19. The van der Waals surface area contributed by atoms with Gasteiger partial charge in [-0.25, -0.2) is 9.78 Å². The number of thioether (sulfide) groups is 1. The zero-order chi connectivity index (χ0) is 23.3. The summed E-state index contributed by atoms with van der Waals surface area (Å²) in [5.74, 6) is -0.553. The van der Waals surface area contributed by atoms with Gasteiger partial charge in [-0.2, -0.15) is 0 Å². The van der Waals surface area contributed by atoms with Crippen LogP contribution in [0.15, 0.2) is 22.5 Å². The predicted molar refractivity (Wildman–Crippen MR) is 127 cm³/mol. The molecule has 2 aliphatic rings. The van der Waals surface area contributed by atoms with Crippen molar-refractivity contribution in [1.82, 2.24) is 15.6 Å². The molecule has 174 valence electrons. The number of halogens is 1. The highest BCUT2D eigenvalue weighted by atomic mass is 35.5. The van der Waals surface area contributed by atoms with Crippen molar-refractivity contribution in [2.75, 3.05) is 11.6 Å². The Bertz CT molecular complexity index is 933. The number of fused-ring (bicyclic) bond motifs is 4. The van der Waals surface area contributed by atoms with Crippen LogP contribution in [0.5, 0.6) is 0 Å². The second-order valence-electron chi connectivity index (χ2n) is 8.16. The quantitative estimate of drug-likeness (QED) is 0.375. The largest absolute Gasteiger partial charge is 0.456 e. The van der Waals surface area contributed by atoms with Gasteiger partial charge in [-0.3, -0.25) is 14.6 Å². The average molecular weight is 499 g/mol. The second-order valence-corrected chi connectivity index (χ2v) is 10.4. The first-order chi connectivity index (χ1) is 15.2. The van der Waals surface area contributed by atoms with Crippen LogP contribution in [-0.4, -0.2) is 57.1 Å². The number of cyclic esters (lactones) is 1. The number of carbonyl (C=O) groups is 3.